The summed E-state index contributed by atoms with van der Waals surface area (Å²) in [7, 11) is 0. The van der Waals surface area contributed by atoms with Crippen LogP contribution >= 0.6 is 0 Å². The Morgan fingerprint density at radius 1 is 0.588 bits per heavy atom. The molecule has 0 rings (SSSR count). The fourth-order valence-corrected chi connectivity index (χ4v) is 0. The predicted octanol–water partition coefficient (Wildman–Crippen LogP) is -0.348. The summed E-state index contributed by atoms with van der Waals surface area (Å²) < 4.78 is 0. The minimum Gasteiger partial charge on any atom is -0.852 e. The van der Waals surface area contributed by atoms with E-state index in [0.717, 1.165) is 0 Å². The maximum Gasteiger partial charge on any atom is 3.00 e. The van der Waals surface area contributed by atoms with Gasteiger partial charge in [0, 0.05) is 6.10 Å². The molecule has 1 N–H and O–H groups in total. The monoisotopic (exact) mass is 411 g/mol. The molecule has 0 amide bonds. The molecule has 5 heteroatoms. The van der Waals surface area contributed by atoms with Crippen LogP contribution < -0.4 is 15.3 Å². The van der Waals surface area contributed by atoms with Crippen LogP contribution in [0.25, 0.3) is 0 Å². The average Bonchev–Trinajstić information content (AvgIpc) is 1.76. The van der Waals surface area contributed by atoms with Gasteiger partial charge in [0.2, 0.25) is 0 Å². The van der Waals surface area contributed by atoms with Crippen LogP contribution in [0.15, 0.2) is 0 Å². The molecule has 0 heterocycles. The Labute approximate surface area is 146 Å². The summed E-state index contributed by atoms with van der Waals surface area (Å²) in [5.41, 5.74) is 0. The first-order valence-corrected chi connectivity index (χ1v) is 5.58. The second kappa shape index (κ2) is 26.0. The van der Waals surface area contributed by atoms with Crippen LogP contribution in [-0.2, 0) is 0 Å². The Morgan fingerprint density at radius 3 is 0.588 bits per heavy atom. The number of aliphatic hydroxyl groups excluding tert-OH is 1. The Bertz CT molecular complexity index is 61.5. The van der Waals surface area contributed by atoms with Gasteiger partial charge >= 0.3 is 46.9 Å². The van der Waals surface area contributed by atoms with Crippen molar-refractivity contribution in [1.29, 1.82) is 0 Å². The van der Waals surface area contributed by atoms with Crippen LogP contribution in [0.3, 0.4) is 0 Å². The molecule has 0 aliphatic heterocycles. The molecule has 0 saturated carbocycles. The molecule has 4 nitrogen and oxygen atoms in total. The van der Waals surface area contributed by atoms with E-state index in [1.165, 1.54) is 0 Å². The van der Waals surface area contributed by atoms with Gasteiger partial charge in [-0.3, -0.25) is 0 Å². The molecular weight excluding hydrogens is 381 g/mol. The van der Waals surface area contributed by atoms with Gasteiger partial charge in [-0.25, -0.2) is 0 Å². The summed E-state index contributed by atoms with van der Waals surface area (Å²) >= 11 is 0. The summed E-state index contributed by atoms with van der Waals surface area (Å²) in [6.07, 6.45) is -1.42. The van der Waals surface area contributed by atoms with E-state index in [4.69, 9.17) is 5.11 Å². The maximum absolute atomic E-state index is 9.53. The van der Waals surface area contributed by atoms with E-state index < -0.39 is 18.3 Å². The molecule has 17 heavy (non-hydrogen) atoms. The van der Waals surface area contributed by atoms with Crippen molar-refractivity contribution >= 4 is 0 Å². The van der Waals surface area contributed by atoms with Crippen molar-refractivity contribution in [3.63, 3.8) is 0 Å². The van der Waals surface area contributed by atoms with Gasteiger partial charge in [0.05, 0.1) is 0 Å². The van der Waals surface area contributed by atoms with Crippen molar-refractivity contribution in [3.05, 3.63) is 0 Å². The normalized spacial score (nSPS) is 8.47. The van der Waals surface area contributed by atoms with Gasteiger partial charge < -0.3 is 20.4 Å². The molecule has 0 fully saturated rings. The van der Waals surface area contributed by atoms with Crippen LogP contribution in [0.2, 0.25) is 0 Å². The first-order valence-electron chi connectivity index (χ1n) is 5.58. The first kappa shape index (κ1) is 31.0. The van der Waals surface area contributed by atoms with E-state index in [1.807, 2.05) is 0 Å². The zero-order valence-electron chi connectivity index (χ0n) is 12.2. The fraction of sp³-hybridized carbons (Fsp3) is 1.00. The average molecular weight is 410 g/mol. The van der Waals surface area contributed by atoms with Crippen LogP contribution in [0, 0.1) is 46.9 Å². The van der Waals surface area contributed by atoms with Crippen LogP contribution in [0.4, 0.5) is 0 Å². The molecule has 115 valence electrons. The Kier molecular flexibility index (Phi) is 47.5. The third kappa shape index (κ3) is 2220. The molecule has 0 aromatic carbocycles. The number of rotatable bonds is 0. The van der Waals surface area contributed by atoms with Gasteiger partial charge in [-0.05, 0) is 13.8 Å². The minimum atomic E-state index is -0.417. The van der Waals surface area contributed by atoms with E-state index in [1.54, 1.807) is 55.4 Å². The van der Waals surface area contributed by atoms with Crippen LogP contribution in [-0.4, -0.2) is 29.5 Å². The molecule has 0 aromatic heterocycles. The first-order chi connectivity index (χ1) is 6.93. The van der Waals surface area contributed by atoms with E-state index in [9.17, 15) is 15.3 Å². The number of hydrogen-bond donors (Lipinski definition) is 1. The van der Waals surface area contributed by atoms with Crippen molar-refractivity contribution in [3.8, 4) is 0 Å². The summed E-state index contributed by atoms with van der Waals surface area (Å²) in [4.78, 5) is 0. The Hall–Kier alpha value is 1.36. The summed E-state index contributed by atoms with van der Waals surface area (Å²) in [5, 5.41) is 36.6. The molecule has 1 radical (unpaired) electrons. The third-order valence-electron chi connectivity index (χ3n) is 0. The van der Waals surface area contributed by atoms with Crippen molar-refractivity contribution in [2.45, 2.75) is 79.8 Å². The summed E-state index contributed by atoms with van der Waals surface area (Å²) in [6, 6.07) is 0. The quantitative estimate of drug-likeness (QED) is 0.591. The predicted molar refractivity (Wildman–Crippen MR) is 62.8 cm³/mol. The molecule has 0 spiro atoms. The van der Waals surface area contributed by atoms with Crippen LogP contribution in [0.1, 0.15) is 55.4 Å². The number of hydrogen-bond acceptors (Lipinski definition) is 4. The van der Waals surface area contributed by atoms with Gasteiger partial charge in [-0.2, -0.15) is 0 Å². The molecule has 0 aliphatic carbocycles. The molecule has 0 bridgehead atoms. The van der Waals surface area contributed by atoms with Gasteiger partial charge in [-0.15, -0.1) is 18.3 Å². The van der Waals surface area contributed by atoms with E-state index in [-0.39, 0.29) is 53.0 Å². The second-order valence-corrected chi connectivity index (χ2v) is 4.24. The summed E-state index contributed by atoms with van der Waals surface area (Å²) in [6.45, 7) is 13.1. The van der Waals surface area contributed by atoms with Crippen molar-refractivity contribution < 1.29 is 67.3 Å². The molecule has 0 atom stereocenters. The largest absolute Gasteiger partial charge is 3.00 e. The Morgan fingerprint density at radius 2 is 0.588 bits per heavy atom. The Balaban J connectivity index is -0.0000000369. The van der Waals surface area contributed by atoms with Crippen molar-refractivity contribution in [2.24, 2.45) is 0 Å². The van der Waals surface area contributed by atoms with Crippen molar-refractivity contribution in [1.82, 2.24) is 0 Å². The van der Waals surface area contributed by atoms with Gasteiger partial charge in [0.1, 0.15) is 0 Å². The van der Waals surface area contributed by atoms with E-state index in [0.29, 0.717) is 0 Å². The van der Waals surface area contributed by atoms with Gasteiger partial charge in [-0.1, -0.05) is 41.5 Å². The second-order valence-electron chi connectivity index (χ2n) is 4.24. The standard InChI is InChI=1S/C3H8O.3C3H7O.Yb/c4*1-3(2)4;/h3-4H,1-2H3;3*3H,1-2H3;/q;3*-1;+3. The zero-order valence-corrected chi connectivity index (χ0v) is 14.0. The zero-order chi connectivity index (χ0) is 14.3. The summed E-state index contributed by atoms with van der Waals surface area (Å²) in [5.74, 6) is 0. The smallest absolute Gasteiger partial charge is 0.852 e. The molecular formula is C12H29O4Yb. The fourth-order valence-electron chi connectivity index (χ4n) is 0. The minimum absolute atomic E-state index is 0. The third-order valence-corrected chi connectivity index (χ3v) is 0. The molecule has 0 unspecified atom stereocenters. The van der Waals surface area contributed by atoms with Gasteiger partial charge in [0.25, 0.3) is 0 Å². The van der Waals surface area contributed by atoms with E-state index in [2.05, 4.69) is 0 Å². The molecule has 0 aromatic rings. The maximum atomic E-state index is 9.53. The number of aliphatic hydroxyl groups is 1. The van der Waals surface area contributed by atoms with Crippen LogP contribution in [0.5, 0.6) is 0 Å². The molecule has 0 saturated heterocycles. The topological polar surface area (TPSA) is 89.4 Å². The van der Waals surface area contributed by atoms with E-state index >= 15 is 0 Å². The van der Waals surface area contributed by atoms with Gasteiger partial charge in [0.15, 0.2) is 0 Å². The SMILES string of the molecule is CC(C)O.CC(C)[O-].CC(C)[O-].CC(C)[O-].[Yb+3]. The van der Waals surface area contributed by atoms with Crippen molar-refractivity contribution in [2.75, 3.05) is 0 Å². The molecule has 0 aliphatic rings.